The van der Waals surface area contributed by atoms with Crippen molar-refractivity contribution in [1.29, 1.82) is 0 Å². The summed E-state index contributed by atoms with van der Waals surface area (Å²) in [5.41, 5.74) is 3.42. The SMILES string of the molecule is COc1cccc2c3c([nH]c12)CCN(C(=O)CCOc1ccccc1)C3. The molecule has 1 N–H and O–H groups in total. The lowest BCUT2D eigenvalue weighted by Gasteiger charge is -2.27. The Balaban J connectivity index is 1.43. The van der Waals surface area contributed by atoms with E-state index in [1.165, 1.54) is 11.3 Å². The second-order valence-electron chi connectivity index (χ2n) is 6.44. The number of hydrogen-bond acceptors (Lipinski definition) is 3. The minimum atomic E-state index is 0.129. The normalized spacial score (nSPS) is 13.5. The molecule has 3 aromatic rings. The van der Waals surface area contributed by atoms with Gasteiger partial charge in [-0.3, -0.25) is 4.79 Å². The monoisotopic (exact) mass is 350 g/mol. The van der Waals surface area contributed by atoms with Gasteiger partial charge in [0.05, 0.1) is 25.7 Å². The fourth-order valence-electron chi connectivity index (χ4n) is 3.53. The third-order valence-corrected chi connectivity index (χ3v) is 4.87. The molecule has 0 unspecified atom stereocenters. The Labute approximate surface area is 152 Å². The molecule has 0 aliphatic carbocycles. The molecule has 5 heteroatoms. The first-order valence-corrected chi connectivity index (χ1v) is 8.88. The van der Waals surface area contributed by atoms with Crippen molar-refractivity contribution in [3.63, 3.8) is 0 Å². The predicted molar refractivity (Wildman–Crippen MR) is 101 cm³/mol. The van der Waals surface area contributed by atoms with E-state index in [9.17, 15) is 4.79 Å². The summed E-state index contributed by atoms with van der Waals surface area (Å²) in [6.07, 6.45) is 1.22. The zero-order valence-corrected chi connectivity index (χ0v) is 14.8. The highest BCUT2D eigenvalue weighted by Gasteiger charge is 2.24. The van der Waals surface area contributed by atoms with Gasteiger partial charge < -0.3 is 19.4 Å². The number of aromatic amines is 1. The van der Waals surface area contributed by atoms with Crippen molar-refractivity contribution in [1.82, 2.24) is 9.88 Å². The van der Waals surface area contributed by atoms with E-state index >= 15 is 0 Å². The van der Waals surface area contributed by atoms with Gasteiger partial charge in [-0.25, -0.2) is 0 Å². The van der Waals surface area contributed by atoms with E-state index in [1.54, 1.807) is 7.11 Å². The molecule has 0 saturated heterocycles. The van der Waals surface area contributed by atoms with E-state index in [-0.39, 0.29) is 5.91 Å². The largest absolute Gasteiger partial charge is 0.495 e. The molecular weight excluding hydrogens is 328 g/mol. The Bertz CT molecular complexity index is 918. The van der Waals surface area contributed by atoms with Crippen molar-refractivity contribution in [2.75, 3.05) is 20.3 Å². The molecule has 0 fully saturated rings. The fourth-order valence-corrected chi connectivity index (χ4v) is 3.53. The van der Waals surface area contributed by atoms with Crippen LogP contribution in [0.25, 0.3) is 10.9 Å². The van der Waals surface area contributed by atoms with Crippen LogP contribution in [0.4, 0.5) is 0 Å². The quantitative estimate of drug-likeness (QED) is 0.766. The smallest absolute Gasteiger partial charge is 0.226 e. The van der Waals surface area contributed by atoms with Crippen molar-refractivity contribution in [3.05, 3.63) is 59.8 Å². The van der Waals surface area contributed by atoms with Gasteiger partial charge in [0.15, 0.2) is 0 Å². The standard InChI is InChI=1S/C21H22N2O3/c1-25-19-9-5-8-16-17-14-23(12-10-18(17)22-21(16)19)20(24)11-13-26-15-6-3-2-4-7-15/h2-9,22H,10-14H2,1H3. The van der Waals surface area contributed by atoms with Gasteiger partial charge in [0.25, 0.3) is 0 Å². The third kappa shape index (κ3) is 3.12. The summed E-state index contributed by atoms with van der Waals surface area (Å²) in [5.74, 6) is 1.76. The lowest BCUT2D eigenvalue weighted by Crippen LogP contribution is -2.36. The number of aromatic nitrogens is 1. The van der Waals surface area contributed by atoms with E-state index < -0.39 is 0 Å². The maximum Gasteiger partial charge on any atom is 0.226 e. The highest BCUT2D eigenvalue weighted by molar-refractivity contribution is 5.90. The molecule has 26 heavy (non-hydrogen) atoms. The molecule has 5 nitrogen and oxygen atoms in total. The number of nitrogens with one attached hydrogen (secondary N) is 1. The maximum atomic E-state index is 12.6. The van der Waals surface area contributed by atoms with E-state index in [2.05, 4.69) is 11.1 Å². The number of ether oxygens (including phenoxy) is 2. The first kappa shape index (κ1) is 16.5. The van der Waals surface area contributed by atoms with Crippen LogP contribution in [0.5, 0.6) is 11.5 Å². The molecule has 0 bridgehead atoms. The highest BCUT2D eigenvalue weighted by Crippen LogP contribution is 2.32. The van der Waals surface area contributed by atoms with Crippen LogP contribution >= 0.6 is 0 Å². The van der Waals surface area contributed by atoms with E-state index in [1.807, 2.05) is 47.4 Å². The highest BCUT2D eigenvalue weighted by atomic mass is 16.5. The molecular formula is C21H22N2O3. The molecule has 2 aromatic carbocycles. The zero-order valence-electron chi connectivity index (χ0n) is 14.8. The number of rotatable bonds is 5. The summed E-state index contributed by atoms with van der Waals surface area (Å²) < 4.78 is 11.1. The fraction of sp³-hybridized carbons (Fsp3) is 0.286. The van der Waals surface area contributed by atoms with Crippen LogP contribution < -0.4 is 9.47 Å². The number of carbonyl (C=O) groups excluding carboxylic acids is 1. The van der Waals surface area contributed by atoms with Crippen LogP contribution in [0.3, 0.4) is 0 Å². The molecule has 134 valence electrons. The van der Waals surface area contributed by atoms with Crippen molar-refractivity contribution in [3.8, 4) is 11.5 Å². The maximum absolute atomic E-state index is 12.6. The lowest BCUT2D eigenvalue weighted by atomic mass is 10.0. The van der Waals surface area contributed by atoms with Crippen molar-refractivity contribution in [2.45, 2.75) is 19.4 Å². The number of H-pyrrole nitrogens is 1. The lowest BCUT2D eigenvalue weighted by molar-refractivity contribution is -0.132. The number of amides is 1. The summed E-state index contributed by atoms with van der Waals surface area (Å²) in [6, 6.07) is 15.6. The summed E-state index contributed by atoms with van der Waals surface area (Å²) in [5, 5.41) is 1.14. The van der Waals surface area contributed by atoms with Gasteiger partial charge in [-0.15, -0.1) is 0 Å². The molecule has 1 aromatic heterocycles. The molecule has 0 atom stereocenters. The molecule has 1 aliphatic rings. The Kier molecular flexibility index (Phi) is 4.52. The van der Waals surface area contributed by atoms with Crippen LogP contribution in [0.2, 0.25) is 0 Å². The van der Waals surface area contributed by atoms with Gasteiger partial charge in [0, 0.05) is 36.2 Å². The number of methoxy groups -OCH3 is 1. The number of nitrogens with zero attached hydrogens (tertiary/aromatic N) is 1. The Hall–Kier alpha value is -2.95. The van der Waals surface area contributed by atoms with E-state index in [4.69, 9.17) is 9.47 Å². The molecule has 1 aliphatic heterocycles. The third-order valence-electron chi connectivity index (χ3n) is 4.87. The van der Waals surface area contributed by atoms with E-state index in [0.717, 1.165) is 35.4 Å². The van der Waals surface area contributed by atoms with E-state index in [0.29, 0.717) is 19.6 Å². The summed E-state index contributed by atoms with van der Waals surface area (Å²) in [6.45, 7) is 1.76. The first-order valence-electron chi connectivity index (χ1n) is 8.88. The van der Waals surface area contributed by atoms with Crippen LogP contribution in [-0.4, -0.2) is 36.1 Å². The van der Waals surface area contributed by atoms with Crippen molar-refractivity contribution < 1.29 is 14.3 Å². The predicted octanol–water partition coefficient (Wildman–Crippen LogP) is 3.53. The van der Waals surface area contributed by atoms with Gasteiger partial charge in [0.2, 0.25) is 5.91 Å². The number of hydrogen-bond donors (Lipinski definition) is 1. The summed E-state index contributed by atoms with van der Waals surface area (Å²) >= 11 is 0. The van der Waals surface area contributed by atoms with Crippen molar-refractivity contribution in [2.24, 2.45) is 0 Å². The van der Waals surface area contributed by atoms with Gasteiger partial charge in [-0.2, -0.15) is 0 Å². The zero-order chi connectivity index (χ0) is 17.9. The topological polar surface area (TPSA) is 54.6 Å². The second kappa shape index (κ2) is 7.12. The Morgan fingerprint density at radius 3 is 2.81 bits per heavy atom. The number of carbonyl (C=O) groups is 1. The average molecular weight is 350 g/mol. The molecule has 0 radical (unpaired) electrons. The minimum absolute atomic E-state index is 0.129. The Morgan fingerprint density at radius 1 is 1.15 bits per heavy atom. The molecule has 4 rings (SSSR count). The van der Waals surface area contributed by atoms with Gasteiger partial charge in [0.1, 0.15) is 11.5 Å². The molecule has 1 amide bonds. The molecule has 0 spiro atoms. The van der Waals surface area contributed by atoms with Crippen LogP contribution in [-0.2, 0) is 17.8 Å². The van der Waals surface area contributed by atoms with Gasteiger partial charge in [-0.05, 0) is 18.2 Å². The molecule has 2 heterocycles. The average Bonchev–Trinajstić information content (AvgIpc) is 3.06. The van der Waals surface area contributed by atoms with Crippen LogP contribution in [0.15, 0.2) is 48.5 Å². The first-order chi connectivity index (χ1) is 12.8. The number of para-hydroxylation sites is 2. The van der Waals surface area contributed by atoms with Crippen molar-refractivity contribution >= 4 is 16.8 Å². The van der Waals surface area contributed by atoms with Crippen LogP contribution in [0.1, 0.15) is 17.7 Å². The van der Waals surface area contributed by atoms with Gasteiger partial charge in [-0.1, -0.05) is 30.3 Å². The Morgan fingerprint density at radius 2 is 2.00 bits per heavy atom. The van der Waals surface area contributed by atoms with Gasteiger partial charge >= 0.3 is 0 Å². The van der Waals surface area contributed by atoms with Crippen LogP contribution in [0, 0.1) is 0 Å². The minimum Gasteiger partial charge on any atom is -0.495 e. The summed E-state index contributed by atoms with van der Waals surface area (Å²) in [4.78, 5) is 18.0. The number of fused-ring (bicyclic) bond motifs is 3. The molecule has 0 saturated carbocycles. The number of benzene rings is 2. The summed E-state index contributed by atoms with van der Waals surface area (Å²) in [7, 11) is 1.68. The second-order valence-corrected chi connectivity index (χ2v) is 6.44.